The van der Waals surface area contributed by atoms with Crippen molar-refractivity contribution in [1.29, 1.82) is 0 Å². The van der Waals surface area contributed by atoms with Crippen molar-refractivity contribution >= 4 is 43.9 Å². The van der Waals surface area contributed by atoms with E-state index < -0.39 is 0 Å². The highest BCUT2D eigenvalue weighted by Gasteiger charge is 2.18. The van der Waals surface area contributed by atoms with Crippen LogP contribution in [0.3, 0.4) is 0 Å². The molecular weight excluding hydrogens is 484 g/mol. The fraction of sp³-hybridized carbons (Fsp3) is 0.0303. The molecule has 6 nitrogen and oxygen atoms in total. The zero-order valence-corrected chi connectivity index (χ0v) is 20.7. The molecule has 184 valence electrons. The summed E-state index contributed by atoms with van der Waals surface area (Å²) in [7, 11) is 0. The number of furan rings is 2. The van der Waals surface area contributed by atoms with Crippen molar-refractivity contribution in [3.8, 4) is 22.5 Å². The topological polar surface area (TPSA) is 77.8 Å². The fourth-order valence-electron chi connectivity index (χ4n) is 5.49. The average molecular weight is 505 g/mol. The number of hydrogen-bond donors (Lipinski definition) is 0. The highest BCUT2D eigenvalue weighted by molar-refractivity contribution is 6.11. The van der Waals surface area contributed by atoms with Crippen molar-refractivity contribution in [2.75, 3.05) is 0 Å². The molecule has 0 saturated carbocycles. The minimum atomic E-state index is 0.709. The number of benzene rings is 4. The number of fused-ring (bicyclic) bond motifs is 6. The van der Waals surface area contributed by atoms with Crippen molar-refractivity contribution in [3.05, 3.63) is 121 Å². The second-order valence-corrected chi connectivity index (χ2v) is 9.60. The third kappa shape index (κ3) is 3.57. The van der Waals surface area contributed by atoms with Gasteiger partial charge in [-0.2, -0.15) is 0 Å². The molecule has 0 aliphatic heterocycles. The van der Waals surface area contributed by atoms with Gasteiger partial charge in [0, 0.05) is 45.1 Å². The Morgan fingerprint density at radius 1 is 0.513 bits per heavy atom. The van der Waals surface area contributed by atoms with Crippen LogP contribution in [0.4, 0.5) is 0 Å². The lowest BCUT2D eigenvalue weighted by molar-refractivity contribution is 0.669. The van der Waals surface area contributed by atoms with Crippen molar-refractivity contribution in [3.63, 3.8) is 0 Å². The van der Waals surface area contributed by atoms with Gasteiger partial charge in [-0.15, -0.1) is 0 Å². The van der Waals surface area contributed by atoms with E-state index in [-0.39, 0.29) is 0 Å². The molecular formula is C33H20N4O2. The summed E-state index contributed by atoms with van der Waals surface area (Å²) in [5, 5.41) is 4.32. The van der Waals surface area contributed by atoms with Crippen molar-refractivity contribution < 1.29 is 8.83 Å². The van der Waals surface area contributed by atoms with Crippen LogP contribution in [-0.2, 0) is 6.42 Å². The minimum absolute atomic E-state index is 0.709. The van der Waals surface area contributed by atoms with Crippen LogP contribution < -0.4 is 0 Å². The number of rotatable bonds is 4. The van der Waals surface area contributed by atoms with E-state index in [0.29, 0.717) is 6.42 Å². The highest BCUT2D eigenvalue weighted by atomic mass is 16.3. The smallest absolute Gasteiger partial charge is 0.144 e. The van der Waals surface area contributed by atoms with E-state index in [4.69, 9.17) is 8.83 Å². The molecule has 0 bridgehead atoms. The molecule has 0 spiro atoms. The van der Waals surface area contributed by atoms with Crippen LogP contribution in [-0.4, -0.2) is 19.9 Å². The number of para-hydroxylation sites is 2. The summed E-state index contributed by atoms with van der Waals surface area (Å²) in [5.41, 5.74) is 9.25. The van der Waals surface area contributed by atoms with Gasteiger partial charge in [-0.25, -0.2) is 19.9 Å². The van der Waals surface area contributed by atoms with E-state index in [9.17, 15) is 0 Å². The second kappa shape index (κ2) is 8.60. The Kier molecular flexibility index (Phi) is 4.79. The van der Waals surface area contributed by atoms with E-state index in [1.165, 1.54) is 0 Å². The first-order chi connectivity index (χ1) is 19.3. The number of nitrogens with zero attached hydrogens (tertiary/aromatic N) is 4. The summed E-state index contributed by atoms with van der Waals surface area (Å²) in [6.45, 7) is 0. The lowest BCUT2D eigenvalue weighted by Gasteiger charge is -2.10. The van der Waals surface area contributed by atoms with Crippen LogP contribution in [0.1, 0.15) is 11.1 Å². The Morgan fingerprint density at radius 2 is 1.00 bits per heavy atom. The molecule has 0 aliphatic carbocycles. The Hall–Kier alpha value is -5.36. The van der Waals surface area contributed by atoms with Crippen LogP contribution in [0, 0.1) is 0 Å². The van der Waals surface area contributed by atoms with Crippen LogP contribution in [0.2, 0.25) is 0 Å². The number of aromatic nitrogens is 4. The normalized spacial score (nSPS) is 11.7. The highest BCUT2D eigenvalue weighted by Crippen LogP contribution is 2.39. The monoisotopic (exact) mass is 504 g/mol. The summed E-state index contributed by atoms with van der Waals surface area (Å²) in [6.07, 6.45) is 7.37. The fourth-order valence-corrected chi connectivity index (χ4v) is 5.49. The lowest BCUT2D eigenvalue weighted by Crippen LogP contribution is -1.93. The molecule has 0 amide bonds. The van der Waals surface area contributed by atoms with Crippen molar-refractivity contribution in [1.82, 2.24) is 19.9 Å². The van der Waals surface area contributed by atoms with Crippen molar-refractivity contribution in [2.24, 2.45) is 0 Å². The van der Waals surface area contributed by atoms with Gasteiger partial charge in [0.15, 0.2) is 0 Å². The van der Waals surface area contributed by atoms with Crippen LogP contribution in [0.25, 0.3) is 66.4 Å². The molecule has 39 heavy (non-hydrogen) atoms. The average Bonchev–Trinajstić information content (AvgIpc) is 3.56. The Balaban J connectivity index is 1.36. The summed E-state index contributed by atoms with van der Waals surface area (Å²) < 4.78 is 12.7. The first-order valence-electron chi connectivity index (χ1n) is 12.7. The van der Waals surface area contributed by atoms with Gasteiger partial charge in [-0.05, 0) is 66.1 Å². The van der Waals surface area contributed by atoms with Crippen LogP contribution in [0.15, 0.2) is 119 Å². The van der Waals surface area contributed by atoms with Gasteiger partial charge in [0.2, 0.25) is 0 Å². The van der Waals surface area contributed by atoms with Crippen LogP contribution >= 0.6 is 0 Å². The van der Waals surface area contributed by atoms with E-state index in [2.05, 4.69) is 56.3 Å². The van der Waals surface area contributed by atoms with Gasteiger partial charge in [0.25, 0.3) is 0 Å². The van der Waals surface area contributed by atoms with E-state index in [1.807, 2.05) is 48.5 Å². The second-order valence-electron chi connectivity index (χ2n) is 9.60. The summed E-state index contributed by atoms with van der Waals surface area (Å²) >= 11 is 0. The van der Waals surface area contributed by atoms with Gasteiger partial charge < -0.3 is 8.83 Å². The van der Waals surface area contributed by atoms with E-state index in [1.54, 1.807) is 25.0 Å². The third-order valence-electron chi connectivity index (χ3n) is 7.20. The predicted octanol–water partition coefficient (Wildman–Crippen LogP) is 7.99. The maximum Gasteiger partial charge on any atom is 0.144 e. The quantitative estimate of drug-likeness (QED) is 0.242. The van der Waals surface area contributed by atoms with Gasteiger partial charge in [-0.3, -0.25) is 0 Å². The molecule has 0 saturated heterocycles. The first kappa shape index (κ1) is 21.7. The molecule has 8 rings (SSSR count). The molecule has 8 aromatic rings. The molecule has 0 fully saturated rings. The Labute approximate surface area is 222 Å². The number of hydrogen-bond acceptors (Lipinski definition) is 6. The SMILES string of the molecule is c1ccc2c(c1)oc1c(-c3ccncn3)cc(Cc3cc(-c4ccncn4)c4oc5ccccc5c4c3)cc12. The first-order valence-corrected chi connectivity index (χ1v) is 12.7. The van der Waals surface area contributed by atoms with Gasteiger partial charge >= 0.3 is 0 Å². The molecule has 0 unspecified atom stereocenters. The molecule has 4 aromatic carbocycles. The summed E-state index contributed by atoms with van der Waals surface area (Å²) in [6, 6.07) is 28.9. The zero-order chi connectivity index (χ0) is 25.8. The third-order valence-corrected chi connectivity index (χ3v) is 7.20. The maximum absolute atomic E-state index is 6.33. The molecule has 0 radical (unpaired) electrons. The van der Waals surface area contributed by atoms with Gasteiger partial charge in [0.05, 0.1) is 11.4 Å². The summed E-state index contributed by atoms with van der Waals surface area (Å²) in [5.74, 6) is 0. The molecule has 0 N–H and O–H groups in total. The molecule has 0 aliphatic rings. The standard InChI is InChI=1S/C33H20N4O2/c1-3-7-30-22(5-1)24-14-20(16-26(32(24)38-30)28-9-11-34-18-36-28)13-21-15-25-23-6-2-4-8-31(23)39-33(25)27(17-21)29-10-12-35-19-37-29/h1-12,14-19H,13H2. The molecule has 6 heteroatoms. The van der Waals surface area contributed by atoms with Gasteiger partial charge in [0.1, 0.15) is 35.0 Å². The molecule has 0 atom stereocenters. The van der Waals surface area contributed by atoms with Gasteiger partial charge in [-0.1, -0.05) is 36.4 Å². The molecule has 4 heterocycles. The summed E-state index contributed by atoms with van der Waals surface area (Å²) in [4.78, 5) is 17.3. The molecule has 4 aromatic heterocycles. The minimum Gasteiger partial charge on any atom is -0.455 e. The predicted molar refractivity (Wildman–Crippen MR) is 152 cm³/mol. The zero-order valence-electron chi connectivity index (χ0n) is 20.7. The van der Waals surface area contributed by atoms with E-state index >= 15 is 0 Å². The van der Waals surface area contributed by atoms with Crippen molar-refractivity contribution in [2.45, 2.75) is 6.42 Å². The van der Waals surface area contributed by atoms with Crippen LogP contribution in [0.5, 0.6) is 0 Å². The lowest BCUT2D eigenvalue weighted by atomic mass is 9.95. The Morgan fingerprint density at radius 3 is 1.46 bits per heavy atom. The largest absolute Gasteiger partial charge is 0.455 e. The maximum atomic E-state index is 6.33. The van der Waals surface area contributed by atoms with E-state index in [0.717, 1.165) is 77.5 Å². The Bertz CT molecular complexity index is 1990.